The largest absolute Gasteiger partial charge is 0.398 e. The first-order chi connectivity index (χ1) is 8.99. The molecular weight excluding hydrogens is 351 g/mol. The van der Waals surface area contributed by atoms with Gasteiger partial charge in [0.2, 0.25) is 0 Å². The summed E-state index contributed by atoms with van der Waals surface area (Å²) in [6.45, 7) is 0. The Bertz CT molecular complexity index is 647. The molecule has 3 nitrogen and oxygen atoms in total. The quantitative estimate of drug-likeness (QED) is 0.770. The molecule has 3 N–H and O–H groups in total. The monoisotopic (exact) mass is 358 g/mol. The van der Waals surface area contributed by atoms with Crippen LogP contribution in [0, 0.1) is 0 Å². The predicted octanol–water partition coefficient (Wildman–Crippen LogP) is 4.59. The van der Waals surface area contributed by atoms with Gasteiger partial charge in [0, 0.05) is 5.56 Å². The molecule has 0 aliphatic rings. The van der Waals surface area contributed by atoms with Crippen LogP contribution in [0.3, 0.4) is 0 Å². The average Bonchev–Trinajstić information content (AvgIpc) is 2.38. The smallest absolute Gasteiger partial charge is 0.255 e. The zero-order valence-corrected chi connectivity index (χ0v) is 12.7. The molecule has 1 amide bonds. The number of nitrogens with one attached hydrogen (secondary N) is 1. The van der Waals surface area contributed by atoms with E-state index in [9.17, 15) is 4.79 Å². The maximum Gasteiger partial charge on any atom is 0.255 e. The van der Waals surface area contributed by atoms with E-state index in [4.69, 9.17) is 28.9 Å². The lowest BCUT2D eigenvalue weighted by molar-refractivity contribution is 0.102. The number of benzene rings is 2. The number of nitrogen functional groups attached to an aromatic ring is 1. The summed E-state index contributed by atoms with van der Waals surface area (Å²) in [4.78, 5) is 12.1. The van der Waals surface area contributed by atoms with E-state index < -0.39 is 0 Å². The van der Waals surface area contributed by atoms with Gasteiger partial charge in [0.05, 0.1) is 25.9 Å². The van der Waals surface area contributed by atoms with Crippen LogP contribution in [0.2, 0.25) is 10.0 Å². The van der Waals surface area contributed by atoms with Gasteiger partial charge in [-0.1, -0.05) is 29.3 Å². The molecule has 0 saturated heterocycles. The first kappa shape index (κ1) is 14.2. The highest BCUT2D eigenvalue weighted by Crippen LogP contribution is 2.30. The minimum atomic E-state index is -0.286. The minimum Gasteiger partial charge on any atom is -0.398 e. The molecule has 2 aromatic carbocycles. The van der Waals surface area contributed by atoms with Crippen molar-refractivity contribution in [3.63, 3.8) is 0 Å². The summed E-state index contributed by atoms with van der Waals surface area (Å²) in [6.07, 6.45) is 0. The van der Waals surface area contributed by atoms with Crippen molar-refractivity contribution >= 4 is 56.4 Å². The molecule has 2 rings (SSSR count). The zero-order valence-electron chi connectivity index (χ0n) is 9.58. The predicted molar refractivity (Wildman–Crippen MR) is 83.0 cm³/mol. The highest BCUT2D eigenvalue weighted by atomic mass is 79.9. The Morgan fingerprint density at radius 2 is 1.89 bits per heavy atom. The third kappa shape index (κ3) is 3.21. The van der Waals surface area contributed by atoms with Crippen LogP contribution in [-0.2, 0) is 0 Å². The van der Waals surface area contributed by atoms with Gasteiger partial charge in [-0.25, -0.2) is 0 Å². The molecule has 0 unspecified atom stereocenters. The van der Waals surface area contributed by atoms with Crippen molar-refractivity contribution in [2.24, 2.45) is 0 Å². The number of hydrogen-bond donors (Lipinski definition) is 2. The van der Waals surface area contributed by atoms with Crippen LogP contribution in [0.1, 0.15) is 10.4 Å². The molecule has 0 atom stereocenters. The lowest BCUT2D eigenvalue weighted by Gasteiger charge is -2.09. The average molecular weight is 360 g/mol. The minimum absolute atomic E-state index is 0.286. The molecule has 0 fully saturated rings. The van der Waals surface area contributed by atoms with Crippen molar-refractivity contribution in [2.75, 3.05) is 11.1 Å². The molecular formula is C13H9BrCl2N2O. The normalized spacial score (nSPS) is 10.3. The third-order valence-corrected chi connectivity index (χ3v) is 4.20. The fraction of sp³-hybridized carbons (Fsp3) is 0. The second-order valence-corrected chi connectivity index (χ2v) is 5.40. The molecule has 98 valence electrons. The van der Waals surface area contributed by atoms with E-state index in [1.165, 1.54) is 6.07 Å². The topological polar surface area (TPSA) is 55.1 Å². The van der Waals surface area contributed by atoms with Gasteiger partial charge in [-0.15, -0.1) is 0 Å². The maximum absolute atomic E-state index is 12.1. The Hall–Kier alpha value is -1.23. The van der Waals surface area contributed by atoms with Crippen LogP contribution < -0.4 is 11.1 Å². The number of hydrogen-bond acceptors (Lipinski definition) is 2. The van der Waals surface area contributed by atoms with Gasteiger partial charge >= 0.3 is 0 Å². The number of amides is 1. The van der Waals surface area contributed by atoms with E-state index in [0.717, 1.165) is 0 Å². The van der Waals surface area contributed by atoms with Crippen LogP contribution in [0.15, 0.2) is 40.9 Å². The fourth-order valence-corrected chi connectivity index (χ4v) is 2.14. The van der Waals surface area contributed by atoms with Gasteiger partial charge in [0.1, 0.15) is 0 Å². The summed E-state index contributed by atoms with van der Waals surface area (Å²) in [5.41, 5.74) is 7.04. The van der Waals surface area contributed by atoms with E-state index in [-0.39, 0.29) is 5.91 Å². The summed E-state index contributed by atoms with van der Waals surface area (Å²) in [5.74, 6) is -0.286. The Kier molecular flexibility index (Phi) is 4.34. The molecule has 0 bridgehead atoms. The third-order valence-electron chi connectivity index (χ3n) is 2.46. The van der Waals surface area contributed by atoms with Crippen molar-refractivity contribution in [2.45, 2.75) is 0 Å². The lowest BCUT2D eigenvalue weighted by atomic mass is 10.2. The number of halogens is 3. The van der Waals surface area contributed by atoms with Crippen LogP contribution in [0.4, 0.5) is 11.4 Å². The standard InChI is InChI=1S/C13H9BrCl2N2O/c14-12-9(16)2-1-3-11(12)18-13(19)7-4-5-8(15)10(17)6-7/h1-6H,17H2,(H,18,19). The Balaban J connectivity index is 2.26. The molecule has 19 heavy (non-hydrogen) atoms. The van der Waals surface area contributed by atoms with Gasteiger partial charge in [-0.2, -0.15) is 0 Å². The van der Waals surface area contributed by atoms with E-state index in [2.05, 4.69) is 21.2 Å². The van der Waals surface area contributed by atoms with Crippen LogP contribution in [0.25, 0.3) is 0 Å². The highest BCUT2D eigenvalue weighted by Gasteiger charge is 2.11. The molecule has 2 aromatic rings. The summed E-state index contributed by atoms with van der Waals surface area (Å²) in [6, 6.07) is 9.93. The van der Waals surface area contributed by atoms with Crippen molar-refractivity contribution < 1.29 is 4.79 Å². The summed E-state index contributed by atoms with van der Waals surface area (Å²) < 4.78 is 0.631. The van der Waals surface area contributed by atoms with Gasteiger partial charge in [-0.3, -0.25) is 4.79 Å². The van der Waals surface area contributed by atoms with Gasteiger partial charge in [-0.05, 0) is 46.3 Å². The summed E-state index contributed by atoms with van der Waals surface area (Å²) >= 11 is 15.1. The second-order valence-electron chi connectivity index (χ2n) is 3.79. The van der Waals surface area contributed by atoms with Gasteiger partial charge in [0.25, 0.3) is 5.91 Å². The zero-order chi connectivity index (χ0) is 14.0. The van der Waals surface area contributed by atoms with E-state index in [1.54, 1.807) is 30.3 Å². The number of carbonyl (C=O) groups excluding carboxylic acids is 1. The lowest BCUT2D eigenvalue weighted by Crippen LogP contribution is -2.12. The van der Waals surface area contributed by atoms with Crippen molar-refractivity contribution in [1.29, 1.82) is 0 Å². The molecule has 0 heterocycles. The molecule has 0 spiro atoms. The number of rotatable bonds is 2. The van der Waals surface area contributed by atoms with Gasteiger partial charge < -0.3 is 11.1 Å². The Labute approximate surface area is 128 Å². The second kappa shape index (κ2) is 5.82. The van der Waals surface area contributed by atoms with Crippen LogP contribution in [0.5, 0.6) is 0 Å². The first-order valence-electron chi connectivity index (χ1n) is 5.29. The van der Waals surface area contributed by atoms with Crippen molar-refractivity contribution in [3.05, 3.63) is 56.5 Å². The first-order valence-corrected chi connectivity index (χ1v) is 6.84. The number of carbonyl (C=O) groups is 1. The molecule has 0 aromatic heterocycles. The molecule has 0 aliphatic heterocycles. The highest BCUT2D eigenvalue weighted by molar-refractivity contribution is 9.10. The van der Waals surface area contributed by atoms with Crippen LogP contribution >= 0.6 is 39.1 Å². The molecule has 0 radical (unpaired) electrons. The van der Waals surface area contributed by atoms with Crippen LogP contribution in [-0.4, -0.2) is 5.91 Å². The SMILES string of the molecule is Nc1cc(C(=O)Nc2cccc(Cl)c2Br)ccc1Cl. The number of nitrogens with two attached hydrogens (primary N) is 1. The van der Waals surface area contributed by atoms with E-state index >= 15 is 0 Å². The van der Waals surface area contributed by atoms with Crippen molar-refractivity contribution in [3.8, 4) is 0 Å². The Morgan fingerprint density at radius 1 is 1.16 bits per heavy atom. The number of anilines is 2. The van der Waals surface area contributed by atoms with E-state index in [0.29, 0.717) is 31.5 Å². The molecule has 0 aliphatic carbocycles. The maximum atomic E-state index is 12.1. The molecule has 6 heteroatoms. The van der Waals surface area contributed by atoms with Crippen molar-refractivity contribution in [1.82, 2.24) is 0 Å². The summed E-state index contributed by atoms with van der Waals surface area (Å²) in [7, 11) is 0. The fourth-order valence-electron chi connectivity index (χ4n) is 1.48. The summed E-state index contributed by atoms with van der Waals surface area (Å²) in [5, 5.41) is 3.68. The van der Waals surface area contributed by atoms with E-state index in [1.807, 2.05) is 0 Å². The molecule has 0 saturated carbocycles. The van der Waals surface area contributed by atoms with Gasteiger partial charge in [0.15, 0.2) is 0 Å². The Morgan fingerprint density at radius 3 is 2.58 bits per heavy atom.